The molecule has 0 aromatic carbocycles. The van der Waals surface area contributed by atoms with Crippen LogP contribution in [-0.2, 0) is 0 Å². The number of nitrogens with one attached hydrogen (secondary N) is 1. The third-order valence-corrected chi connectivity index (χ3v) is 4.79. The molecule has 0 radical (unpaired) electrons. The normalized spacial score (nSPS) is 15.4. The third-order valence-electron chi connectivity index (χ3n) is 4.79. The Morgan fingerprint density at radius 3 is 2.76 bits per heavy atom. The molecule has 3 heterocycles. The van der Waals surface area contributed by atoms with Crippen molar-refractivity contribution >= 4 is 11.9 Å². The molecule has 0 bridgehead atoms. The lowest BCUT2D eigenvalue weighted by Crippen LogP contribution is -2.35. The number of amides is 1. The molecular weight excluding hydrogens is 320 g/mol. The van der Waals surface area contributed by atoms with Gasteiger partial charge in [-0.15, -0.1) is 0 Å². The second-order valence-electron chi connectivity index (χ2n) is 6.53. The van der Waals surface area contributed by atoms with E-state index < -0.39 is 6.09 Å². The summed E-state index contributed by atoms with van der Waals surface area (Å²) in [4.78, 5) is 17.6. The molecule has 0 aliphatic carbocycles. The van der Waals surface area contributed by atoms with Gasteiger partial charge in [-0.1, -0.05) is 11.2 Å². The van der Waals surface area contributed by atoms with Crippen molar-refractivity contribution in [2.75, 3.05) is 24.5 Å². The van der Waals surface area contributed by atoms with Gasteiger partial charge < -0.3 is 19.8 Å². The fourth-order valence-corrected chi connectivity index (χ4v) is 3.42. The molecular formula is C18H24N4O3. The van der Waals surface area contributed by atoms with Crippen molar-refractivity contribution in [2.45, 2.75) is 33.1 Å². The largest absolute Gasteiger partial charge is 0.465 e. The van der Waals surface area contributed by atoms with E-state index in [-0.39, 0.29) is 0 Å². The predicted molar refractivity (Wildman–Crippen MR) is 94.8 cm³/mol. The molecule has 7 nitrogen and oxygen atoms in total. The average molecular weight is 344 g/mol. The first-order valence-corrected chi connectivity index (χ1v) is 8.66. The summed E-state index contributed by atoms with van der Waals surface area (Å²) in [7, 11) is 0. The Hall–Kier alpha value is -2.57. The first kappa shape index (κ1) is 17.3. The molecule has 1 amide bonds. The van der Waals surface area contributed by atoms with Crippen LogP contribution in [0.15, 0.2) is 22.7 Å². The Bertz CT molecular complexity index is 716. The van der Waals surface area contributed by atoms with Crippen molar-refractivity contribution in [1.29, 1.82) is 0 Å². The molecule has 134 valence electrons. The van der Waals surface area contributed by atoms with Gasteiger partial charge in [0.1, 0.15) is 11.6 Å². The highest BCUT2D eigenvalue weighted by Gasteiger charge is 2.21. The maximum absolute atomic E-state index is 10.5. The molecule has 2 aromatic heterocycles. The van der Waals surface area contributed by atoms with Gasteiger partial charge >= 0.3 is 6.09 Å². The van der Waals surface area contributed by atoms with Crippen LogP contribution in [0, 0.1) is 19.8 Å². The van der Waals surface area contributed by atoms with Crippen molar-refractivity contribution < 1.29 is 14.4 Å². The zero-order valence-corrected chi connectivity index (χ0v) is 14.7. The Kier molecular flexibility index (Phi) is 5.21. The molecule has 0 spiro atoms. The van der Waals surface area contributed by atoms with Crippen LogP contribution in [0.4, 0.5) is 10.6 Å². The van der Waals surface area contributed by atoms with Crippen LogP contribution in [0.2, 0.25) is 0 Å². The van der Waals surface area contributed by atoms with Crippen molar-refractivity contribution in [3.05, 3.63) is 29.7 Å². The smallest absolute Gasteiger partial charge is 0.404 e. The zero-order valence-electron chi connectivity index (χ0n) is 14.7. The van der Waals surface area contributed by atoms with Gasteiger partial charge in [0.05, 0.1) is 17.0 Å². The topological polar surface area (TPSA) is 91.5 Å². The molecule has 1 aliphatic rings. The number of hydrogen-bond donors (Lipinski definition) is 2. The zero-order chi connectivity index (χ0) is 17.8. The Labute approximate surface area is 147 Å². The summed E-state index contributed by atoms with van der Waals surface area (Å²) < 4.78 is 5.25. The Morgan fingerprint density at radius 1 is 1.36 bits per heavy atom. The van der Waals surface area contributed by atoms with E-state index >= 15 is 0 Å². The number of rotatable bonds is 5. The summed E-state index contributed by atoms with van der Waals surface area (Å²) >= 11 is 0. The van der Waals surface area contributed by atoms with E-state index in [9.17, 15) is 4.79 Å². The lowest BCUT2D eigenvalue weighted by Gasteiger charge is -2.33. The highest BCUT2D eigenvalue weighted by atomic mass is 16.5. The third kappa shape index (κ3) is 4.10. The minimum Gasteiger partial charge on any atom is -0.465 e. The van der Waals surface area contributed by atoms with Crippen LogP contribution >= 0.6 is 0 Å². The molecule has 0 atom stereocenters. The fraction of sp³-hybridized carbons (Fsp3) is 0.500. The minimum atomic E-state index is -0.947. The Balaban J connectivity index is 1.62. The number of hydrogen-bond acceptors (Lipinski definition) is 5. The van der Waals surface area contributed by atoms with E-state index in [2.05, 4.69) is 15.4 Å². The summed E-state index contributed by atoms with van der Waals surface area (Å²) in [5, 5.41) is 15.1. The second-order valence-corrected chi connectivity index (χ2v) is 6.53. The number of aryl methyl sites for hydroxylation is 2. The number of carbonyl (C=O) groups is 1. The summed E-state index contributed by atoms with van der Waals surface area (Å²) in [5.41, 5.74) is 2.71. The number of aromatic nitrogens is 2. The van der Waals surface area contributed by atoms with Crippen molar-refractivity contribution in [3.63, 3.8) is 0 Å². The highest BCUT2D eigenvalue weighted by Crippen LogP contribution is 2.29. The van der Waals surface area contributed by atoms with E-state index in [4.69, 9.17) is 14.6 Å². The first-order valence-electron chi connectivity index (χ1n) is 8.66. The minimum absolute atomic E-state index is 0.528. The van der Waals surface area contributed by atoms with Gasteiger partial charge in [0, 0.05) is 19.6 Å². The van der Waals surface area contributed by atoms with Crippen LogP contribution in [0.3, 0.4) is 0 Å². The summed E-state index contributed by atoms with van der Waals surface area (Å²) in [6, 6.07) is 6.04. The van der Waals surface area contributed by atoms with Gasteiger partial charge in [-0.2, -0.15) is 0 Å². The van der Waals surface area contributed by atoms with Crippen molar-refractivity contribution in [1.82, 2.24) is 15.5 Å². The summed E-state index contributed by atoms with van der Waals surface area (Å²) in [5.74, 6) is 2.32. The highest BCUT2D eigenvalue weighted by molar-refractivity contribution is 5.65. The molecule has 0 unspecified atom stereocenters. The van der Waals surface area contributed by atoms with Gasteiger partial charge in [0.2, 0.25) is 0 Å². The standard InChI is InChI=1S/C18H24N4O3/c1-12-17(13(2)25-21-12)15-4-3-5-16(20-15)22-10-7-14(8-11-22)6-9-19-18(23)24/h3-5,14,19H,6-11H2,1-2H3,(H,23,24). The number of carboxylic acid groups (broad SMARTS) is 1. The van der Waals surface area contributed by atoms with E-state index in [1.807, 2.05) is 32.0 Å². The predicted octanol–water partition coefficient (Wildman–Crippen LogP) is 3.23. The first-order chi connectivity index (χ1) is 12.0. The van der Waals surface area contributed by atoms with E-state index in [0.717, 1.165) is 60.9 Å². The van der Waals surface area contributed by atoms with Crippen molar-refractivity contribution in [2.24, 2.45) is 5.92 Å². The second kappa shape index (κ2) is 7.55. The molecule has 0 saturated carbocycles. The summed E-state index contributed by atoms with van der Waals surface area (Å²) in [6.45, 7) is 6.24. The van der Waals surface area contributed by atoms with E-state index in [0.29, 0.717) is 12.5 Å². The number of pyridine rings is 1. The van der Waals surface area contributed by atoms with E-state index in [1.165, 1.54) is 0 Å². The van der Waals surface area contributed by atoms with Crippen LogP contribution < -0.4 is 10.2 Å². The molecule has 25 heavy (non-hydrogen) atoms. The summed E-state index contributed by atoms with van der Waals surface area (Å²) in [6.07, 6.45) is 2.06. The molecule has 2 N–H and O–H groups in total. The molecule has 1 aliphatic heterocycles. The number of anilines is 1. The van der Waals surface area contributed by atoms with Crippen LogP contribution in [-0.4, -0.2) is 41.0 Å². The lowest BCUT2D eigenvalue weighted by molar-refractivity contribution is 0.193. The maximum atomic E-state index is 10.5. The van der Waals surface area contributed by atoms with Crippen LogP contribution in [0.1, 0.15) is 30.7 Å². The van der Waals surface area contributed by atoms with Gasteiger partial charge in [0.15, 0.2) is 0 Å². The molecule has 7 heteroatoms. The van der Waals surface area contributed by atoms with Gasteiger partial charge in [-0.3, -0.25) is 0 Å². The maximum Gasteiger partial charge on any atom is 0.404 e. The van der Waals surface area contributed by atoms with Gasteiger partial charge in [-0.25, -0.2) is 9.78 Å². The molecule has 2 aromatic rings. The molecule has 1 saturated heterocycles. The quantitative estimate of drug-likeness (QED) is 0.865. The molecule has 3 rings (SSSR count). The van der Waals surface area contributed by atoms with E-state index in [1.54, 1.807) is 0 Å². The van der Waals surface area contributed by atoms with Gasteiger partial charge in [-0.05, 0) is 51.2 Å². The number of nitrogens with zero attached hydrogens (tertiary/aromatic N) is 3. The fourth-order valence-electron chi connectivity index (χ4n) is 3.42. The number of piperidine rings is 1. The van der Waals surface area contributed by atoms with Crippen molar-refractivity contribution in [3.8, 4) is 11.3 Å². The lowest BCUT2D eigenvalue weighted by atomic mass is 9.93. The van der Waals surface area contributed by atoms with Gasteiger partial charge in [0.25, 0.3) is 0 Å². The average Bonchev–Trinajstić information content (AvgIpc) is 2.94. The molecule has 1 fully saturated rings. The van der Waals surface area contributed by atoms with Crippen LogP contribution in [0.25, 0.3) is 11.3 Å². The van der Waals surface area contributed by atoms with Crippen LogP contribution in [0.5, 0.6) is 0 Å². The SMILES string of the molecule is Cc1noc(C)c1-c1cccc(N2CCC(CCNC(=O)O)CC2)n1. The monoisotopic (exact) mass is 344 g/mol. The Morgan fingerprint density at radius 2 is 2.12 bits per heavy atom.